The summed E-state index contributed by atoms with van der Waals surface area (Å²) in [5.41, 5.74) is 3.06. The van der Waals surface area contributed by atoms with Gasteiger partial charge in [0.25, 0.3) is 0 Å². The molecule has 3 heterocycles. The molecule has 1 fully saturated rings. The molecule has 0 spiro atoms. The summed E-state index contributed by atoms with van der Waals surface area (Å²) >= 11 is 0. The monoisotopic (exact) mass is 270 g/mol. The summed E-state index contributed by atoms with van der Waals surface area (Å²) in [7, 11) is 0. The van der Waals surface area contributed by atoms with Crippen molar-refractivity contribution < 1.29 is 5.11 Å². The summed E-state index contributed by atoms with van der Waals surface area (Å²) in [4.78, 5) is 12.1. The normalized spacial score (nSPS) is 23.6. The molecule has 20 heavy (non-hydrogen) atoms. The molecule has 3 aromatic heterocycles. The third kappa shape index (κ3) is 1.73. The quantitative estimate of drug-likeness (QED) is 0.752. The number of nitrogens with zero attached hydrogens (tertiary/aromatic N) is 3. The van der Waals surface area contributed by atoms with Crippen LogP contribution in [-0.2, 0) is 0 Å². The summed E-state index contributed by atoms with van der Waals surface area (Å²) in [6, 6.07) is 2.56. The Kier molecular flexibility index (Phi) is 2.73. The van der Waals surface area contributed by atoms with Gasteiger partial charge in [-0.2, -0.15) is 0 Å². The number of aliphatic hydroxyl groups is 1. The highest BCUT2D eigenvalue weighted by Crippen LogP contribution is 2.35. The van der Waals surface area contributed by atoms with Gasteiger partial charge in [0.1, 0.15) is 11.2 Å². The highest BCUT2D eigenvalue weighted by molar-refractivity contribution is 6.00. The number of pyridine rings is 1. The minimum absolute atomic E-state index is 0.323. The van der Waals surface area contributed by atoms with Crippen molar-refractivity contribution in [3.63, 3.8) is 0 Å². The first-order valence-electron chi connectivity index (χ1n) is 7.26. The summed E-state index contributed by atoms with van der Waals surface area (Å²) in [5.74, 6) is 0.481. The van der Waals surface area contributed by atoms with Crippen LogP contribution in [0.1, 0.15) is 31.7 Å². The molecule has 4 rings (SSSR count). The van der Waals surface area contributed by atoms with E-state index in [9.17, 15) is 5.11 Å². The molecule has 0 aliphatic heterocycles. The maximum Gasteiger partial charge on any atom is 0.139 e. The van der Waals surface area contributed by atoms with Crippen LogP contribution in [0.5, 0.6) is 0 Å². The van der Waals surface area contributed by atoms with E-state index in [1.165, 1.54) is 5.52 Å². The van der Waals surface area contributed by atoms with Crippen LogP contribution < -0.4 is 0 Å². The fourth-order valence-electron chi connectivity index (χ4n) is 3.41. The molecule has 0 bridgehead atoms. The Hall–Kier alpha value is -1.88. The SMILES string of the molecule is OC[C@H]1CC[C@H](n2cnc3cnc4[nH]ccc4c32)CC1. The molecular formula is C15H18N4O. The maximum absolute atomic E-state index is 9.26. The summed E-state index contributed by atoms with van der Waals surface area (Å²) < 4.78 is 2.31. The third-order valence-electron chi connectivity index (χ3n) is 4.59. The number of rotatable bonds is 2. The molecule has 5 nitrogen and oxygen atoms in total. The molecular weight excluding hydrogens is 252 g/mol. The van der Waals surface area contributed by atoms with Crippen molar-refractivity contribution in [1.29, 1.82) is 0 Å². The predicted molar refractivity (Wildman–Crippen MR) is 77.5 cm³/mol. The molecule has 5 heteroatoms. The second kappa shape index (κ2) is 4.59. The van der Waals surface area contributed by atoms with Crippen molar-refractivity contribution in [3.05, 3.63) is 24.8 Å². The highest BCUT2D eigenvalue weighted by Gasteiger charge is 2.23. The average molecular weight is 270 g/mol. The highest BCUT2D eigenvalue weighted by atomic mass is 16.3. The van der Waals surface area contributed by atoms with Crippen LogP contribution in [0.25, 0.3) is 22.1 Å². The van der Waals surface area contributed by atoms with Crippen molar-refractivity contribution in [3.8, 4) is 0 Å². The van der Waals surface area contributed by atoms with Gasteiger partial charge >= 0.3 is 0 Å². The molecule has 0 radical (unpaired) electrons. The molecule has 0 amide bonds. The molecule has 0 atom stereocenters. The average Bonchev–Trinajstić information content (AvgIpc) is 3.13. The molecule has 0 aromatic carbocycles. The lowest BCUT2D eigenvalue weighted by Gasteiger charge is -2.28. The Morgan fingerprint density at radius 1 is 1.25 bits per heavy atom. The fraction of sp³-hybridized carbons (Fsp3) is 0.467. The van der Waals surface area contributed by atoms with E-state index >= 15 is 0 Å². The first-order chi connectivity index (χ1) is 9.86. The van der Waals surface area contributed by atoms with Crippen LogP contribution >= 0.6 is 0 Å². The minimum Gasteiger partial charge on any atom is -0.396 e. The van der Waals surface area contributed by atoms with Crippen molar-refractivity contribution >= 4 is 22.1 Å². The predicted octanol–water partition coefficient (Wildman–Crippen LogP) is 2.64. The van der Waals surface area contributed by atoms with Crippen LogP contribution in [-0.4, -0.2) is 31.2 Å². The molecule has 104 valence electrons. The van der Waals surface area contributed by atoms with Crippen molar-refractivity contribution in [2.45, 2.75) is 31.7 Å². The number of aromatic amines is 1. The molecule has 1 saturated carbocycles. The summed E-state index contributed by atoms with van der Waals surface area (Å²) in [6.07, 6.45) is 10.1. The van der Waals surface area contributed by atoms with E-state index in [2.05, 4.69) is 25.6 Å². The van der Waals surface area contributed by atoms with Gasteiger partial charge < -0.3 is 14.7 Å². The second-order valence-corrected chi connectivity index (χ2v) is 5.74. The zero-order valence-corrected chi connectivity index (χ0v) is 11.3. The van der Waals surface area contributed by atoms with E-state index in [1.807, 2.05) is 18.7 Å². The Morgan fingerprint density at radius 2 is 2.10 bits per heavy atom. The molecule has 0 unspecified atom stereocenters. The number of hydrogen-bond donors (Lipinski definition) is 2. The van der Waals surface area contributed by atoms with E-state index in [0.717, 1.165) is 42.2 Å². The first-order valence-corrected chi connectivity index (χ1v) is 7.26. The van der Waals surface area contributed by atoms with Gasteiger partial charge in [-0.05, 0) is 37.7 Å². The summed E-state index contributed by atoms with van der Waals surface area (Å²) in [5, 5.41) is 10.4. The van der Waals surface area contributed by atoms with E-state index in [-0.39, 0.29) is 0 Å². The Morgan fingerprint density at radius 3 is 2.90 bits per heavy atom. The number of aromatic nitrogens is 4. The number of H-pyrrole nitrogens is 1. The maximum atomic E-state index is 9.26. The molecule has 3 aromatic rings. The number of fused-ring (bicyclic) bond motifs is 3. The number of aliphatic hydroxyl groups excluding tert-OH is 1. The van der Waals surface area contributed by atoms with Crippen molar-refractivity contribution in [2.75, 3.05) is 6.61 Å². The zero-order valence-electron chi connectivity index (χ0n) is 11.3. The minimum atomic E-state index is 0.323. The van der Waals surface area contributed by atoms with Crippen molar-refractivity contribution in [1.82, 2.24) is 19.5 Å². The van der Waals surface area contributed by atoms with E-state index < -0.39 is 0 Å². The van der Waals surface area contributed by atoms with Crippen LogP contribution in [0.15, 0.2) is 24.8 Å². The van der Waals surface area contributed by atoms with Gasteiger partial charge in [0.2, 0.25) is 0 Å². The standard InChI is InChI=1S/C15H18N4O/c20-8-10-1-3-11(4-2-10)19-9-18-13-7-17-15-12(14(13)19)5-6-16-15/h5-7,9-11,20H,1-4,8H2,(H,16,17)/t10-,11-. The second-order valence-electron chi connectivity index (χ2n) is 5.74. The topological polar surface area (TPSA) is 66.7 Å². The number of hydrogen-bond acceptors (Lipinski definition) is 3. The Labute approximate surface area is 116 Å². The van der Waals surface area contributed by atoms with Gasteiger partial charge in [-0.25, -0.2) is 9.97 Å². The van der Waals surface area contributed by atoms with Gasteiger partial charge in [-0.1, -0.05) is 0 Å². The lowest BCUT2D eigenvalue weighted by atomic mass is 9.86. The van der Waals surface area contributed by atoms with E-state index in [1.54, 1.807) is 0 Å². The van der Waals surface area contributed by atoms with Crippen molar-refractivity contribution in [2.24, 2.45) is 5.92 Å². The first kappa shape index (κ1) is 11.9. The van der Waals surface area contributed by atoms with Gasteiger partial charge in [0, 0.05) is 24.2 Å². The molecule has 1 aliphatic rings. The van der Waals surface area contributed by atoms with Gasteiger partial charge in [0.05, 0.1) is 18.0 Å². The number of imidazole rings is 1. The molecule has 1 aliphatic carbocycles. The van der Waals surface area contributed by atoms with Gasteiger partial charge in [0.15, 0.2) is 0 Å². The van der Waals surface area contributed by atoms with Gasteiger partial charge in [-0.3, -0.25) is 0 Å². The Balaban J connectivity index is 1.78. The van der Waals surface area contributed by atoms with Crippen LogP contribution in [0.2, 0.25) is 0 Å². The van der Waals surface area contributed by atoms with Gasteiger partial charge in [-0.15, -0.1) is 0 Å². The molecule has 2 N–H and O–H groups in total. The van der Waals surface area contributed by atoms with E-state index in [4.69, 9.17) is 0 Å². The lowest BCUT2D eigenvalue weighted by Crippen LogP contribution is -2.19. The number of nitrogens with one attached hydrogen (secondary N) is 1. The third-order valence-corrected chi connectivity index (χ3v) is 4.59. The van der Waals surface area contributed by atoms with E-state index in [0.29, 0.717) is 18.6 Å². The Bertz CT molecular complexity index is 737. The summed E-state index contributed by atoms with van der Waals surface area (Å²) in [6.45, 7) is 0.323. The van der Waals surface area contributed by atoms with Crippen LogP contribution in [0, 0.1) is 5.92 Å². The fourth-order valence-corrected chi connectivity index (χ4v) is 3.41. The molecule has 0 saturated heterocycles. The largest absolute Gasteiger partial charge is 0.396 e. The lowest BCUT2D eigenvalue weighted by molar-refractivity contribution is 0.170. The zero-order chi connectivity index (χ0) is 13.5. The smallest absolute Gasteiger partial charge is 0.139 e. The van der Waals surface area contributed by atoms with Crippen LogP contribution in [0.4, 0.5) is 0 Å². The van der Waals surface area contributed by atoms with Crippen LogP contribution in [0.3, 0.4) is 0 Å².